The van der Waals surface area contributed by atoms with Crippen LogP contribution in [-0.2, 0) is 14.4 Å². The number of nitrogens with one attached hydrogen (secondary N) is 3. The number of carbonyl (C=O) groups is 3. The Balaban J connectivity index is 0.000000707. The lowest BCUT2D eigenvalue weighted by atomic mass is 9.92. The van der Waals surface area contributed by atoms with Crippen molar-refractivity contribution in [1.29, 1.82) is 5.41 Å². The highest BCUT2D eigenvalue weighted by Gasteiger charge is 2.35. The maximum absolute atomic E-state index is 12.4. The molecule has 0 bridgehead atoms. The van der Waals surface area contributed by atoms with Crippen LogP contribution in [0.1, 0.15) is 62.5 Å². The van der Waals surface area contributed by atoms with Gasteiger partial charge in [-0.05, 0) is 92.2 Å². The van der Waals surface area contributed by atoms with Crippen molar-refractivity contribution in [3.63, 3.8) is 0 Å². The Labute approximate surface area is 263 Å². The van der Waals surface area contributed by atoms with Crippen LogP contribution < -0.4 is 21.1 Å². The molecule has 4 rings (SSSR count). The second-order valence-corrected chi connectivity index (χ2v) is 11.7. The van der Waals surface area contributed by atoms with Crippen molar-refractivity contribution in [2.45, 2.75) is 63.6 Å². The average molecular weight is 647 g/mol. The van der Waals surface area contributed by atoms with Crippen LogP contribution in [-0.4, -0.2) is 54.3 Å². The molecule has 1 aliphatic heterocycles. The van der Waals surface area contributed by atoms with Gasteiger partial charge in [0.2, 0.25) is 5.91 Å². The molecule has 0 aliphatic carbocycles. The van der Waals surface area contributed by atoms with E-state index in [2.05, 4.69) is 35.4 Å². The minimum absolute atomic E-state index is 0.0775. The van der Waals surface area contributed by atoms with Gasteiger partial charge in [0.1, 0.15) is 17.6 Å². The molecule has 2 amide bonds. The molecule has 1 aromatic heterocycles. The number of halogens is 3. The predicted molar refractivity (Wildman–Crippen MR) is 168 cm³/mol. The Morgan fingerprint density at radius 3 is 2.38 bits per heavy atom. The van der Waals surface area contributed by atoms with Crippen molar-refractivity contribution < 1.29 is 37.4 Å². The Morgan fingerprint density at radius 2 is 1.80 bits per heavy atom. The van der Waals surface area contributed by atoms with Crippen LogP contribution in [0.25, 0.3) is 10.4 Å². The van der Waals surface area contributed by atoms with Crippen LogP contribution in [0.15, 0.2) is 54.6 Å². The summed E-state index contributed by atoms with van der Waals surface area (Å²) in [6.07, 6.45) is 0.221. The first-order valence-electron chi connectivity index (χ1n) is 14.4. The molecule has 13 heteroatoms. The van der Waals surface area contributed by atoms with Crippen LogP contribution in [0.3, 0.4) is 0 Å². The maximum Gasteiger partial charge on any atom is 0.470 e. The van der Waals surface area contributed by atoms with Gasteiger partial charge in [-0.25, -0.2) is 0 Å². The average Bonchev–Trinajstić information content (AvgIpc) is 3.44. The molecule has 1 atom stereocenters. The number of amides is 2. The summed E-state index contributed by atoms with van der Waals surface area (Å²) in [5.41, 5.74) is 7.31. The lowest BCUT2D eigenvalue weighted by Crippen LogP contribution is -2.34. The number of ketones is 1. The normalized spacial score (nSPS) is 14.0. The molecule has 1 saturated heterocycles. The first kappa shape index (κ1) is 35.3. The number of aromatic hydroxyl groups is 1. The third-order valence-electron chi connectivity index (χ3n) is 7.10. The van der Waals surface area contributed by atoms with Gasteiger partial charge in [0.05, 0.1) is 6.42 Å². The molecule has 2 heterocycles. The minimum Gasteiger partial charge on any atom is -0.499 e. The topological polar surface area (TPSA) is 155 Å². The molecule has 0 radical (unpaired) electrons. The van der Waals surface area contributed by atoms with Gasteiger partial charge in [0, 0.05) is 28.8 Å². The van der Waals surface area contributed by atoms with E-state index in [1.807, 2.05) is 12.1 Å². The number of benzene rings is 2. The number of carbonyl (C=O) groups excluding carboxylic acids is 3. The Kier molecular flexibility index (Phi) is 13.1. The highest BCUT2D eigenvalue weighted by molar-refractivity contribution is 7.17. The van der Waals surface area contributed by atoms with E-state index in [4.69, 9.17) is 14.9 Å². The van der Waals surface area contributed by atoms with Gasteiger partial charge in [-0.15, -0.1) is 0 Å². The van der Waals surface area contributed by atoms with Gasteiger partial charge >= 0.3 is 12.1 Å². The zero-order valence-electron chi connectivity index (χ0n) is 24.8. The van der Waals surface area contributed by atoms with E-state index in [-0.39, 0.29) is 35.2 Å². The molecule has 0 spiro atoms. The molecular formula is C32H37F3N4O5S. The molecule has 0 saturated carbocycles. The Hall–Kier alpha value is -4.23. The van der Waals surface area contributed by atoms with Gasteiger partial charge in [-0.3, -0.25) is 14.4 Å². The molecule has 3 aromatic rings. The number of hydrogen-bond donors (Lipinski definition) is 5. The number of hydrogen-bond acceptors (Lipinski definition) is 8. The van der Waals surface area contributed by atoms with E-state index >= 15 is 0 Å². The van der Waals surface area contributed by atoms with Gasteiger partial charge in [0.25, 0.3) is 0 Å². The second kappa shape index (κ2) is 16.7. The second-order valence-electron chi connectivity index (χ2n) is 10.6. The van der Waals surface area contributed by atoms with E-state index in [1.165, 1.54) is 17.6 Å². The number of Topliss-reactive ketones (excluding diaryl/α,β-unsaturated/α-hetero) is 1. The largest absolute Gasteiger partial charge is 0.499 e. The van der Waals surface area contributed by atoms with Crippen molar-refractivity contribution >= 4 is 40.8 Å². The number of thiophene rings is 1. The molecule has 1 aliphatic rings. The summed E-state index contributed by atoms with van der Waals surface area (Å²) in [6, 6.07) is 16.8. The van der Waals surface area contributed by atoms with Crippen LogP contribution in [0, 0.1) is 5.41 Å². The molecule has 6 N–H and O–H groups in total. The summed E-state index contributed by atoms with van der Waals surface area (Å²) in [5.74, 6) is -1.59. The van der Waals surface area contributed by atoms with Crippen molar-refractivity contribution in [1.82, 2.24) is 5.32 Å². The van der Waals surface area contributed by atoms with Gasteiger partial charge < -0.3 is 31.6 Å². The molecule has 2 aromatic carbocycles. The number of ether oxygens (including phenoxy) is 1. The number of piperidine rings is 1. The van der Waals surface area contributed by atoms with Gasteiger partial charge in [-0.1, -0.05) is 36.5 Å². The third kappa shape index (κ3) is 11.7. The van der Waals surface area contributed by atoms with Crippen molar-refractivity contribution in [2.24, 2.45) is 5.73 Å². The SMILES string of the molecule is CC(CCCC(=O)CC(=O)Nc1ccc(C=N)cc1)c1ccc(OC2CCNCC2)c(-c2ccc(O)s2)c1.NC(=O)C(F)(F)F. The zero-order chi connectivity index (χ0) is 33.0. The lowest BCUT2D eigenvalue weighted by Gasteiger charge is -2.25. The van der Waals surface area contributed by atoms with Crippen molar-refractivity contribution in [3.8, 4) is 21.3 Å². The van der Waals surface area contributed by atoms with Crippen molar-refractivity contribution in [3.05, 3.63) is 65.7 Å². The highest BCUT2D eigenvalue weighted by atomic mass is 32.1. The maximum atomic E-state index is 12.4. The van der Waals surface area contributed by atoms with E-state index < -0.39 is 12.1 Å². The standard InChI is InChI=1S/C30H35N3O4S.C2H2F3NO/c1-20(3-2-4-24(34)18-29(35)33-23-8-5-21(19-31)6-9-23)22-7-10-27(37-25-13-15-32-16-14-25)26(17-22)28-11-12-30(36)38-28;3-2(4,5)1(6)7/h5-12,17,19-20,25,31-32,36H,2-4,13-16,18H2,1H3,(H,33,35);(H2,6,7). The van der Waals surface area contributed by atoms with E-state index in [0.717, 1.165) is 59.7 Å². The molecular weight excluding hydrogens is 609 g/mol. The zero-order valence-corrected chi connectivity index (χ0v) is 25.6. The van der Waals surface area contributed by atoms with Crippen LogP contribution in [0.4, 0.5) is 18.9 Å². The number of primary amides is 1. The summed E-state index contributed by atoms with van der Waals surface area (Å²) >= 11 is 1.34. The number of rotatable bonds is 12. The third-order valence-corrected chi connectivity index (χ3v) is 8.02. The van der Waals surface area contributed by atoms with Crippen LogP contribution in [0.2, 0.25) is 0 Å². The number of anilines is 1. The summed E-state index contributed by atoms with van der Waals surface area (Å²) in [7, 11) is 0. The summed E-state index contributed by atoms with van der Waals surface area (Å²) in [4.78, 5) is 34.7. The first-order chi connectivity index (χ1) is 21.3. The molecule has 45 heavy (non-hydrogen) atoms. The van der Waals surface area contributed by atoms with Crippen LogP contribution in [0.5, 0.6) is 10.8 Å². The molecule has 1 fully saturated rings. The summed E-state index contributed by atoms with van der Waals surface area (Å²) in [5, 5.41) is 23.6. The van der Waals surface area contributed by atoms with E-state index in [1.54, 1.807) is 30.3 Å². The number of nitrogens with two attached hydrogens (primary N) is 1. The monoisotopic (exact) mass is 646 g/mol. The summed E-state index contributed by atoms with van der Waals surface area (Å²) in [6.45, 7) is 4.05. The van der Waals surface area contributed by atoms with Gasteiger partial charge in [0.15, 0.2) is 5.06 Å². The van der Waals surface area contributed by atoms with Crippen molar-refractivity contribution in [2.75, 3.05) is 18.4 Å². The smallest absolute Gasteiger partial charge is 0.470 e. The lowest BCUT2D eigenvalue weighted by molar-refractivity contribution is -0.169. The first-order valence-corrected chi connectivity index (χ1v) is 15.3. The highest BCUT2D eigenvalue weighted by Crippen LogP contribution is 2.40. The molecule has 1 unspecified atom stereocenters. The molecule has 9 nitrogen and oxygen atoms in total. The quantitative estimate of drug-likeness (QED) is 0.117. The molecule has 242 valence electrons. The fourth-order valence-corrected chi connectivity index (χ4v) is 5.39. The fraction of sp³-hybridized carbons (Fsp3) is 0.375. The predicted octanol–water partition coefficient (Wildman–Crippen LogP) is 6.15. The fourth-order valence-electron chi connectivity index (χ4n) is 4.62. The van der Waals surface area contributed by atoms with E-state index in [9.17, 15) is 27.9 Å². The Bertz CT molecular complexity index is 1450. The van der Waals surface area contributed by atoms with Crippen LogP contribution >= 0.6 is 11.3 Å². The minimum atomic E-state index is -4.86. The summed E-state index contributed by atoms with van der Waals surface area (Å²) < 4.78 is 38.5. The Morgan fingerprint density at radius 1 is 1.13 bits per heavy atom. The van der Waals surface area contributed by atoms with Gasteiger partial charge in [-0.2, -0.15) is 13.2 Å². The number of alkyl halides is 3. The van der Waals surface area contributed by atoms with E-state index in [0.29, 0.717) is 18.5 Å².